The van der Waals surface area contributed by atoms with Gasteiger partial charge >= 0.3 is 0 Å². The average Bonchev–Trinajstić information content (AvgIpc) is 2.32. The van der Waals surface area contributed by atoms with E-state index < -0.39 is 0 Å². The lowest BCUT2D eigenvalue weighted by atomic mass is 10.1. The molecule has 0 aromatic heterocycles. The molecule has 0 aliphatic carbocycles. The molecule has 1 N–H and O–H groups in total. The van der Waals surface area contributed by atoms with Gasteiger partial charge in [-0.1, -0.05) is 58.4 Å². The average molecular weight is 225 g/mol. The topological polar surface area (TPSA) is 12.0 Å². The smallest absolute Gasteiger partial charge is 0.00140 e. The molecule has 0 heterocycles. The predicted molar refractivity (Wildman–Crippen MR) is 74.8 cm³/mol. The van der Waals surface area contributed by atoms with E-state index in [1.54, 1.807) is 0 Å². The van der Waals surface area contributed by atoms with Crippen LogP contribution in [0.5, 0.6) is 0 Å². The van der Waals surface area contributed by atoms with Crippen LogP contribution in [0.3, 0.4) is 0 Å². The van der Waals surface area contributed by atoms with Crippen molar-refractivity contribution >= 4 is 0 Å². The van der Waals surface area contributed by atoms with Gasteiger partial charge in [0.25, 0.3) is 0 Å². The molecule has 0 amide bonds. The van der Waals surface area contributed by atoms with Crippen LogP contribution in [0.25, 0.3) is 0 Å². The van der Waals surface area contributed by atoms with E-state index in [0.29, 0.717) is 5.92 Å². The van der Waals surface area contributed by atoms with Crippen molar-refractivity contribution in [2.45, 2.75) is 65.2 Å². The third-order valence-electron chi connectivity index (χ3n) is 3.22. The highest BCUT2D eigenvalue weighted by Crippen LogP contribution is 2.06. The van der Waals surface area contributed by atoms with Crippen molar-refractivity contribution < 1.29 is 0 Å². The second-order valence-electron chi connectivity index (χ2n) is 4.73. The molecule has 0 unspecified atom stereocenters. The molecule has 1 nitrogen and oxygen atoms in total. The van der Waals surface area contributed by atoms with Gasteiger partial charge in [0.1, 0.15) is 0 Å². The molecule has 0 saturated heterocycles. The molecule has 16 heavy (non-hydrogen) atoms. The Morgan fingerprint density at radius 1 is 1.00 bits per heavy atom. The van der Waals surface area contributed by atoms with Crippen LogP contribution in [0.2, 0.25) is 0 Å². The molecule has 1 heteroatoms. The van der Waals surface area contributed by atoms with Crippen molar-refractivity contribution in [2.75, 3.05) is 13.1 Å². The summed E-state index contributed by atoms with van der Waals surface area (Å²) in [6.45, 7) is 10.6. The third kappa shape index (κ3) is 10.2. The Kier molecular flexibility index (Phi) is 12.5. The van der Waals surface area contributed by atoms with E-state index in [2.05, 4.69) is 31.8 Å². The minimum atomic E-state index is 0.657. The van der Waals surface area contributed by atoms with Gasteiger partial charge < -0.3 is 5.32 Å². The molecule has 0 aliphatic rings. The molecule has 0 bridgehead atoms. The Bertz CT molecular complexity index is 142. The lowest BCUT2D eigenvalue weighted by Crippen LogP contribution is -2.22. The van der Waals surface area contributed by atoms with Crippen molar-refractivity contribution in [3.8, 4) is 0 Å². The van der Waals surface area contributed by atoms with E-state index in [1.165, 1.54) is 57.9 Å². The number of hydrogen-bond acceptors (Lipinski definition) is 1. The molecule has 0 saturated carbocycles. The van der Waals surface area contributed by atoms with E-state index in [-0.39, 0.29) is 0 Å². The molecule has 0 aliphatic heterocycles. The summed E-state index contributed by atoms with van der Waals surface area (Å²) in [6.07, 6.45) is 13.0. The van der Waals surface area contributed by atoms with E-state index in [0.717, 1.165) is 6.54 Å². The summed E-state index contributed by atoms with van der Waals surface area (Å²) in [4.78, 5) is 0. The maximum Gasteiger partial charge on any atom is 0.00140 e. The van der Waals surface area contributed by atoms with Crippen molar-refractivity contribution in [1.29, 1.82) is 0 Å². The first-order valence-corrected chi connectivity index (χ1v) is 7.18. The Labute approximate surface area is 103 Å². The number of nitrogens with one attached hydrogen (secondary N) is 1. The van der Waals surface area contributed by atoms with E-state index in [9.17, 15) is 0 Å². The lowest BCUT2D eigenvalue weighted by molar-refractivity contribution is 0.516. The fourth-order valence-corrected chi connectivity index (χ4v) is 1.89. The fraction of sp³-hybridized carbons (Fsp3) is 0.867. The van der Waals surface area contributed by atoms with Crippen molar-refractivity contribution in [2.24, 2.45) is 5.92 Å². The zero-order valence-corrected chi connectivity index (χ0v) is 11.4. The Hall–Kier alpha value is -0.300. The lowest BCUT2D eigenvalue weighted by Gasteiger charge is -2.10. The summed E-state index contributed by atoms with van der Waals surface area (Å²) in [7, 11) is 0. The van der Waals surface area contributed by atoms with Crippen LogP contribution in [-0.4, -0.2) is 13.1 Å². The predicted octanol–water partition coefficient (Wildman–Crippen LogP) is 4.54. The van der Waals surface area contributed by atoms with Crippen LogP contribution >= 0.6 is 0 Å². The fourth-order valence-electron chi connectivity index (χ4n) is 1.89. The summed E-state index contributed by atoms with van der Waals surface area (Å²) in [6, 6.07) is 0. The second-order valence-corrected chi connectivity index (χ2v) is 4.73. The second kappa shape index (κ2) is 12.8. The highest BCUT2D eigenvalue weighted by Gasteiger charge is 1.98. The zero-order valence-electron chi connectivity index (χ0n) is 11.4. The summed E-state index contributed by atoms with van der Waals surface area (Å²) in [5.41, 5.74) is 0. The molecule has 96 valence electrons. The minimum Gasteiger partial charge on any atom is -0.316 e. The van der Waals surface area contributed by atoms with Gasteiger partial charge in [-0.3, -0.25) is 0 Å². The molecular weight excluding hydrogens is 194 g/mol. The van der Waals surface area contributed by atoms with Crippen LogP contribution in [0.1, 0.15) is 65.2 Å². The first-order valence-electron chi connectivity index (χ1n) is 7.18. The van der Waals surface area contributed by atoms with Gasteiger partial charge in [0, 0.05) is 6.54 Å². The van der Waals surface area contributed by atoms with E-state index in [1.807, 2.05) is 0 Å². The summed E-state index contributed by atoms with van der Waals surface area (Å²) in [5, 5.41) is 3.52. The minimum absolute atomic E-state index is 0.657. The third-order valence-corrected chi connectivity index (χ3v) is 3.22. The normalized spacial score (nSPS) is 12.6. The first-order chi connectivity index (χ1) is 7.85. The van der Waals surface area contributed by atoms with Crippen molar-refractivity contribution in [3.05, 3.63) is 12.7 Å². The van der Waals surface area contributed by atoms with E-state index in [4.69, 9.17) is 0 Å². The molecule has 0 aromatic carbocycles. The SMILES string of the molecule is C=C[C@H](CC)CNCCCCCCCCC. The van der Waals surface area contributed by atoms with Crippen molar-refractivity contribution in [1.82, 2.24) is 5.32 Å². The van der Waals surface area contributed by atoms with E-state index >= 15 is 0 Å². The van der Waals surface area contributed by atoms with Gasteiger partial charge in [-0.05, 0) is 25.3 Å². The maximum absolute atomic E-state index is 3.85. The van der Waals surface area contributed by atoms with Crippen LogP contribution in [0.15, 0.2) is 12.7 Å². The standard InChI is InChI=1S/C15H31N/c1-4-7-8-9-10-11-12-13-16-14-15(5-2)6-3/h5,15-16H,2,4,6-14H2,1,3H3/t15-/m1/s1. The Morgan fingerprint density at radius 3 is 2.19 bits per heavy atom. The quantitative estimate of drug-likeness (QED) is 0.380. The molecule has 0 spiro atoms. The summed E-state index contributed by atoms with van der Waals surface area (Å²) >= 11 is 0. The van der Waals surface area contributed by atoms with Gasteiger partial charge in [0.05, 0.1) is 0 Å². The van der Waals surface area contributed by atoms with Gasteiger partial charge in [-0.25, -0.2) is 0 Å². The number of rotatable bonds is 12. The maximum atomic E-state index is 3.85. The molecular formula is C15H31N. The van der Waals surface area contributed by atoms with Gasteiger partial charge in [-0.2, -0.15) is 0 Å². The van der Waals surface area contributed by atoms with Crippen LogP contribution < -0.4 is 5.32 Å². The summed E-state index contributed by atoms with van der Waals surface area (Å²) in [5.74, 6) is 0.657. The largest absolute Gasteiger partial charge is 0.316 e. The van der Waals surface area contributed by atoms with Gasteiger partial charge in [0.15, 0.2) is 0 Å². The molecule has 0 aromatic rings. The first kappa shape index (κ1) is 15.7. The van der Waals surface area contributed by atoms with Gasteiger partial charge in [-0.15, -0.1) is 6.58 Å². The highest BCUT2D eigenvalue weighted by atomic mass is 14.8. The van der Waals surface area contributed by atoms with Crippen LogP contribution in [0.4, 0.5) is 0 Å². The highest BCUT2D eigenvalue weighted by molar-refractivity contribution is 4.79. The number of unbranched alkanes of at least 4 members (excludes halogenated alkanes) is 6. The van der Waals surface area contributed by atoms with Gasteiger partial charge in [0.2, 0.25) is 0 Å². The van der Waals surface area contributed by atoms with Crippen molar-refractivity contribution in [3.63, 3.8) is 0 Å². The Morgan fingerprint density at radius 2 is 1.62 bits per heavy atom. The molecule has 0 fully saturated rings. The Balaban J connectivity index is 3.06. The summed E-state index contributed by atoms with van der Waals surface area (Å²) < 4.78 is 0. The molecule has 0 radical (unpaired) electrons. The zero-order chi connectivity index (χ0) is 12.1. The number of hydrogen-bond donors (Lipinski definition) is 1. The molecule has 1 atom stereocenters. The van der Waals surface area contributed by atoms with Crippen LogP contribution in [0, 0.1) is 5.92 Å². The van der Waals surface area contributed by atoms with Crippen LogP contribution in [-0.2, 0) is 0 Å². The molecule has 0 rings (SSSR count). The monoisotopic (exact) mass is 225 g/mol.